The van der Waals surface area contributed by atoms with E-state index in [0.29, 0.717) is 0 Å². The van der Waals surface area contributed by atoms with Crippen molar-refractivity contribution in [1.29, 1.82) is 0 Å². The number of rotatable bonds is 6. The molecule has 0 aliphatic carbocycles. The van der Waals surface area contributed by atoms with E-state index in [1.807, 2.05) is 17.8 Å². The van der Waals surface area contributed by atoms with Gasteiger partial charge in [-0.05, 0) is 17.9 Å². The molecule has 0 radical (unpaired) electrons. The van der Waals surface area contributed by atoms with Gasteiger partial charge in [0, 0.05) is 17.3 Å². The molecule has 0 N–H and O–H groups in total. The van der Waals surface area contributed by atoms with Crippen LogP contribution in [-0.4, -0.2) is 22.2 Å². The second-order valence-electron chi connectivity index (χ2n) is 2.70. The average Bonchev–Trinajstić information content (AvgIpc) is 2.18. The van der Waals surface area contributed by atoms with Gasteiger partial charge in [0.2, 0.25) is 5.95 Å². The Hall–Kier alpha value is -0.220. The van der Waals surface area contributed by atoms with Crippen LogP contribution in [0.4, 0.5) is 4.39 Å². The summed E-state index contributed by atoms with van der Waals surface area (Å²) in [6.07, 6.45) is 0. The van der Waals surface area contributed by atoms with E-state index < -0.39 is 0 Å². The van der Waals surface area contributed by atoms with Crippen LogP contribution in [-0.2, 0) is 5.75 Å². The number of hydrogen-bond acceptors (Lipinski definition) is 3. The molecule has 0 saturated heterocycles. The SMILES string of the molecule is CCSCCSCc1cccc(F)n1. The summed E-state index contributed by atoms with van der Waals surface area (Å²) in [5, 5.41) is 0. The van der Waals surface area contributed by atoms with Gasteiger partial charge in [0.1, 0.15) is 0 Å². The van der Waals surface area contributed by atoms with E-state index in [0.717, 1.165) is 23.0 Å². The number of thioether (sulfide) groups is 2. The lowest BCUT2D eigenvalue weighted by Crippen LogP contribution is -1.91. The molecule has 1 aromatic heterocycles. The predicted octanol–water partition coefficient (Wildman–Crippen LogP) is 3.21. The van der Waals surface area contributed by atoms with Crippen molar-refractivity contribution in [2.75, 3.05) is 17.3 Å². The highest BCUT2D eigenvalue weighted by Crippen LogP contribution is 2.12. The Morgan fingerprint density at radius 1 is 1.29 bits per heavy atom. The quantitative estimate of drug-likeness (QED) is 0.551. The van der Waals surface area contributed by atoms with Gasteiger partial charge in [0.25, 0.3) is 0 Å². The van der Waals surface area contributed by atoms with Gasteiger partial charge in [-0.2, -0.15) is 27.9 Å². The van der Waals surface area contributed by atoms with Crippen molar-refractivity contribution in [3.63, 3.8) is 0 Å². The minimum atomic E-state index is -0.383. The summed E-state index contributed by atoms with van der Waals surface area (Å²) in [4.78, 5) is 3.80. The van der Waals surface area contributed by atoms with Crippen LogP contribution in [0.15, 0.2) is 18.2 Å². The third kappa shape index (κ3) is 4.86. The molecule has 0 fully saturated rings. The number of hydrogen-bond donors (Lipinski definition) is 0. The summed E-state index contributed by atoms with van der Waals surface area (Å²) in [6, 6.07) is 4.95. The summed E-state index contributed by atoms with van der Waals surface area (Å²) in [7, 11) is 0. The second-order valence-corrected chi connectivity index (χ2v) is 5.20. The minimum absolute atomic E-state index is 0.383. The Kier molecular flexibility index (Phi) is 6.03. The van der Waals surface area contributed by atoms with E-state index in [2.05, 4.69) is 11.9 Å². The Balaban J connectivity index is 2.18. The van der Waals surface area contributed by atoms with Crippen LogP contribution in [0.1, 0.15) is 12.6 Å². The molecule has 1 nitrogen and oxygen atoms in total. The fourth-order valence-corrected chi connectivity index (χ4v) is 2.72. The molecule has 78 valence electrons. The van der Waals surface area contributed by atoms with Crippen LogP contribution in [0.2, 0.25) is 0 Å². The molecule has 4 heteroatoms. The van der Waals surface area contributed by atoms with E-state index in [-0.39, 0.29) is 5.95 Å². The molecular weight excluding hydrogens is 217 g/mol. The maximum atomic E-state index is 12.7. The van der Waals surface area contributed by atoms with E-state index in [1.165, 1.54) is 11.8 Å². The van der Waals surface area contributed by atoms with Gasteiger partial charge in [-0.25, -0.2) is 4.98 Å². The lowest BCUT2D eigenvalue weighted by atomic mass is 10.4. The van der Waals surface area contributed by atoms with Crippen LogP contribution in [0.25, 0.3) is 0 Å². The second kappa shape index (κ2) is 7.12. The van der Waals surface area contributed by atoms with Crippen molar-refractivity contribution in [2.45, 2.75) is 12.7 Å². The van der Waals surface area contributed by atoms with Gasteiger partial charge >= 0.3 is 0 Å². The van der Waals surface area contributed by atoms with Gasteiger partial charge in [0.05, 0.1) is 5.69 Å². The molecular formula is C10H14FNS2. The molecule has 0 aliphatic heterocycles. The van der Waals surface area contributed by atoms with E-state index in [9.17, 15) is 4.39 Å². The topological polar surface area (TPSA) is 12.9 Å². The first kappa shape index (κ1) is 11.9. The fourth-order valence-electron chi connectivity index (χ4n) is 0.970. The predicted molar refractivity (Wildman–Crippen MR) is 63.4 cm³/mol. The van der Waals surface area contributed by atoms with Crippen LogP contribution in [0.3, 0.4) is 0 Å². The van der Waals surface area contributed by atoms with Crippen molar-refractivity contribution < 1.29 is 4.39 Å². The molecule has 14 heavy (non-hydrogen) atoms. The summed E-state index contributed by atoms with van der Waals surface area (Å²) in [5.74, 6) is 3.86. The number of aromatic nitrogens is 1. The van der Waals surface area contributed by atoms with Gasteiger partial charge in [-0.3, -0.25) is 0 Å². The van der Waals surface area contributed by atoms with Crippen molar-refractivity contribution >= 4 is 23.5 Å². The van der Waals surface area contributed by atoms with E-state index in [1.54, 1.807) is 17.8 Å². The molecule has 1 heterocycles. The molecule has 1 aromatic rings. The van der Waals surface area contributed by atoms with Crippen molar-refractivity contribution in [3.05, 3.63) is 29.8 Å². The van der Waals surface area contributed by atoms with Crippen LogP contribution < -0.4 is 0 Å². The Morgan fingerprint density at radius 3 is 2.79 bits per heavy atom. The summed E-state index contributed by atoms with van der Waals surface area (Å²) in [6.45, 7) is 2.16. The standard InChI is InChI=1S/C10H14FNS2/c1-2-13-6-7-14-8-9-4-3-5-10(11)12-9/h3-5H,2,6-8H2,1H3. The molecule has 0 aliphatic rings. The molecule has 0 atom stereocenters. The summed E-state index contributed by atoms with van der Waals surface area (Å²) < 4.78 is 12.7. The first-order chi connectivity index (χ1) is 6.83. The van der Waals surface area contributed by atoms with E-state index in [4.69, 9.17) is 0 Å². The van der Waals surface area contributed by atoms with E-state index >= 15 is 0 Å². The first-order valence-electron chi connectivity index (χ1n) is 4.60. The summed E-state index contributed by atoms with van der Waals surface area (Å²) >= 11 is 3.74. The van der Waals surface area contributed by atoms with Crippen molar-refractivity contribution in [3.8, 4) is 0 Å². The molecule has 0 spiro atoms. The number of halogens is 1. The number of nitrogens with zero attached hydrogens (tertiary/aromatic N) is 1. The van der Waals surface area contributed by atoms with Crippen LogP contribution >= 0.6 is 23.5 Å². The van der Waals surface area contributed by atoms with Gasteiger partial charge in [0.15, 0.2) is 0 Å². The molecule has 0 unspecified atom stereocenters. The molecule has 0 aromatic carbocycles. The monoisotopic (exact) mass is 231 g/mol. The average molecular weight is 231 g/mol. The maximum Gasteiger partial charge on any atom is 0.213 e. The highest BCUT2D eigenvalue weighted by molar-refractivity contribution is 8.02. The van der Waals surface area contributed by atoms with Crippen molar-refractivity contribution in [1.82, 2.24) is 4.98 Å². The van der Waals surface area contributed by atoms with Crippen LogP contribution in [0, 0.1) is 5.95 Å². The molecule has 0 saturated carbocycles. The first-order valence-corrected chi connectivity index (χ1v) is 6.90. The zero-order valence-electron chi connectivity index (χ0n) is 8.20. The Morgan fingerprint density at radius 2 is 2.07 bits per heavy atom. The maximum absolute atomic E-state index is 12.7. The molecule has 0 bridgehead atoms. The number of pyridine rings is 1. The summed E-state index contributed by atoms with van der Waals surface area (Å²) in [5.41, 5.74) is 0.830. The molecule has 1 rings (SSSR count). The zero-order valence-corrected chi connectivity index (χ0v) is 9.84. The lowest BCUT2D eigenvalue weighted by molar-refractivity contribution is 0.579. The minimum Gasteiger partial charge on any atom is -0.224 e. The van der Waals surface area contributed by atoms with Crippen molar-refractivity contribution in [2.24, 2.45) is 0 Å². The van der Waals surface area contributed by atoms with Gasteiger partial charge < -0.3 is 0 Å². The molecule has 0 amide bonds. The van der Waals surface area contributed by atoms with Gasteiger partial charge in [-0.1, -0.05) is 13.0 Å². The van der Waals surface area contributed by atoms with Crippen LogP contribution in [0.5, 0.6) is 0 Å². The smallest absolute Gasteiger partial charge is 0.213 e. The third-order valence-corrected chi connectivity index (χ3v) is 3.75. The Bertz CT molecular complexity index is 268. The third-order valence-electron chi connectivity index (χ3n) is 1.60. The van der Waals surface area contributed by atoms with Gasteiger partial charge in [-0.15, -0.1) is 0 Å². The Labute approximate surface area is 92.9 Å². The lowest BCUT2D eigenvalue weighted by Gasteiger charge is -2.00. The largest absolute Gasteiger partial charge is 0.224 e. The fraction of sp³-hybridized carbons (Fsp3) is 0.500. The zero-order chi connectivity index (χ0) is 10.2. The normalized spacial score (nSPS) is 10.4. The highest BCUT2D eigenvalue weighted by Gasteiger charge is 1.96. The highest BCUT2D eigenvalue weighted by atomic mass is 32.2.